The second-order valence-corrected chi connectivity index (χ2v) is 6.35. The van der Waals surface area contributed by atoms with Gasteiger partial charge in [-0.1, -0.05) is 11.8 Å². The summed E-state index contributed by atoms with van der Waals surface area (Å²) < 4.78 is 64.0. The third-order valence-corrected chi connectivity index (χ3v) is 4.65. The number of alkyl halides is 3. The fraction of sp³-hybridized carbons (Fsp3) is 0.385. The second kappa shape index (κ2) is 5.33. The predicted molar refractivity (Wildman–Crippen MR) is 68.7 cm³/mol. The van der Waals surface area contributed by atoms with Gasteiger partial charge in [0.1, 0.15) is 12.1 Å². The van der Waals surface area contributed by atoms with E-state index < -0.39 is 21.7 Å². The van der Waals surface area contributed by atoms with Crippen molar-refractivity contribution in [2.75, 3.05) is 6.61 Å². The summed E-state index contributed by atoms with van der Waals surface area (Å²) in [5, 5.41) is 8.54. The van der Waals surface area contributed by atoms with Gasteiger partial charge in [0.15, 0.2) is 0 Å². The van der Waals surface area contributed by atoms with Crippen molar-refractivity contribution in [2.45, 2.75) is 29.5 Å². The van der Waals surface area contributed by atoms with Crippen LogP contribution in [0.25, 0.3) is 0 Å². The summed E-state index contributed by atoms with van der Waals surface area (Å²) in [7, 11) is -4.24. The van der Waals surface area contributed by atoms with Gasteiger partial charge in [0, 0.05) is 5.56 Å². The summed E-state index contributed by atoms with van der Waals surface area (Å²) in [6.07, 6.45) is -5.11. The third kappa shape index (κ3) is 3.37. The highest BCUT2D eigenvalue weighted by Crippen LogP contribution is 2.49. The smallest absolute Gasteiger partial charge is 0.384 e. The Balaban J connectivity index is 2.21. The lowest BCUT2D eigenvalue weighted by Gasteiger charge is -2.20. The van der Waals surface area contributed by atoms with Gasteiger partial charge in [0.05, 0.1) is 4.90 Å². The van der Waals surface area contributed by atoms with Crippen LogP contribution in [0.2, 0.25) is 0 Å². The molecule has 2 N–H and O–H groups in total. The Morgan fingerprint density at radius 3 is 2.24 bits per heavy atom. The van der Waals surface area contributed by atoms with Crippen molar-refractivity contribution in [1.82, 2.24) is 4.72 Å². The molecule has 4 nitrogen and oxygen atoms in total. The molecule has 0 aliphatic heterocycles. The van der Waals surface area contributed by atoms with E-state index in [2.05, 4.69) is 11.8 Å². The van der Waals surface area contributed by atoms with Gasteiger partial charge in [0.2, 0.25) is 10.0 Å². The van der Waals surface area contributed by atoms with Gasteiger partial charge in [0.25, 0.3) is 0 Å². The monoisotopic (exact) mass is 319 g/mol. The first-order valence-electron chi connectivity index (χ1n) is 6.01. The molecule has 0 bridgehead atoms. The maximum atomic E-state index is 12.8. The van der Waals surface area contributed by atoms with E-state index in [0.29, 0.717) is 5.56 Å². The van der Waals surface area contributed by atoms with Crippen LogP contribution in [-0.4, -0.2) is 31.8 Å². The van der Waals surface area contributed by atoms with Crippen molar-refractivity contribution < 1.29 is 26.7 Å². The molecule has 0 aromatic heterocycles. The van der Waals surface area contributed by atoms with Gasteiger partial charge in [-0.15, -0.1) is 0 Å². The van der Waals surface area contributed by atoms with Gasteiger partial charge >= 0.3 is 6.18 Å². The van der Waals surface area contributed by atoms with E-state index in [1.54, 1.807) is 4.72 Å². The van der Waals surface area contributed by atoms with E-state index in [1.165, 1.54) is 24.3 Å². The maximum Gasteiger partial charge on any atom is 0.407 e. The third-order valence-electron chi connectivity index (χ3n) is 3.10. The number of aliphatic hydroxyl groups is 1. The van der Waals surface area contributed by atoms with Crippen molar-refractivity contribution in [3.8, 4) is 11.8 Å². The lowest BCUT2D eigenvalue weighted by Crippen LogP contribution is -2.47. The van der Waals surface area contributed by atoms with Crippen LogP contribution in [0, 0.1) is 11.8 Å². The highest BCUT2D eigenvalue weighted by Gasteiger charge is 2.65. The first-order valence-corrected chi connectivity index (χ1v) is 7.49. The van der Waals surface area contributed by atoms with Crippen LogP contribution in [0.4, 0.5) is 13.2 Å². The molecule has 0 unspecified atom stereocenters. The van der Waals surface area contributed by atoms with Gasteiger partial charge in [-0.25, -0.2) is 8.42 Å². The Hall–Kier alpha value is -1.56. The average molecular weight is 319 g/mol. The average Bonchev–Trinajstić information content (AvgIpc) is 3.16. The fourth-order valence-corrected chi connectivity index (χ4v) is 3.19. The molecular weight excluding hydrogens is 307 g/mol. The SMILES string of the molecule is O=S(=O)(NC1(C(F)(F)F)CC1)c1ccc(C#CCO)cc1. The lowest BCUT2D eigenvalue weighted by molar-refractivity contribution is -0.160. The lowest BCUT2D eigenvalue weighted by atomic mass is 10.2. The van der Waals surface area contributed by atoms with E-state index in [-0.39, 0.29) is 24.3 Å². The number of rotatable bonds is 3. The summed E-state index contributed by atoms with van der Waals surface area (Å²) in [6, 6.07) is 5.08. The zero-order valence-electron chi connectivity index (χ0n) is 10.7. The molecule has 0 amide bonds. The molecule has 1 fully saturated rings. The van der Waals surface area contributed by atoms with Crippen LogP contribution in [0.5, 0.6) is 0 Å². The van der Waals surface area contributed by atoms with Gasteiger partial charge in [-0.05, 0) is 37.1 Å². The molecule has 0 heterocycles. The van der Waals surface area contributed by atoms with Crippen molar-refractivity contribution in [2.24, 2.45) is 0 Å². The Morgan fingerprint density at radius 1 is 1.24 bits per heavy atom. The van der Waals surface area contributed by atoms with Crippen LogP contribution in [0.1, 0.15) is 18.4 Å². The Labute approximate surface area is 120 Å². The number of benzene rings is 1. The number of aliphatic hydroxyl groups excluding tert-OH is 1. The van der Waals surface area contributed by atoms with Crippen molar-refractivity contribution in [3.63, 3.8) is 0 Å². The fourth-order valence-electron chi connectivity index (χ4n) is 1.74. The van der Waals surface area contributed by atoms with Crippen LogP contribution < -0.4 is 4.72 Å². The summed E-state index contributed by atoms with van der Waals surface area (Å²) >= 11 is 0. The molecule has 1 aliphatic rings. The minimum absolute atomic E-state index is 0.254. The van der Waals surface area contributed by atoms with E-state index in [4.69, 9.17) is 5.11 Å². The molecule has 1 saturated carbocycles. The molecule has 0 atom stereocenters. The Bertz CT molecular complexity index is 680. The molecular formula is C13H12F3NO3S. The topological polar surface area (TPSA) is 66.4 Å². The van der Waals surface area contributed by atoms with Crippen LogP contribution in [0.15, 0.2) is 29.2 Å². The Morgan fingerprint density at radius 2 is 1.81 bits per heavy atom. The highest BCUT2D eigenvalue weighted by atomic mass is 32.2. The molecule has 0 spiro atoms. The molecule has 114 valence electrons. The minimum Gasteiger partial charge on any atom is -0.384 e. The van der Waals surface area contributed by atoms with E-state index in [0.717, 1.165) is 0 Å². The Kier molecular flexibility index (Phi) is 4.02. The van der Waals surface area contributed by atoms with Gasteiger partial charge in [-0.3, -0.25) is 0 Å². The summed E-state index contributed by atoms with van der Waals surface area (Å²) in [6.45, 7) is -0.338. The normalized spacial score (nSPS) is 17.0. The van der Waals surface area contributed by atoms with Crippen molar-refractivity contribution >= 4 is 10.0 Å². The predicted octanol–water partition coefficient (Wildman–Crippen LogP) is 1.40. The quantitative estimate of drug-likeness (QED) is 0.828. The molecule has 1 aliphatic carbocycles. The molecule has 0 radical (unpaired) electrons. The minimum atomic E-state index is -4.60. The van der Waals surface area contributed by atoms with Crippen LogP contribution in [-0.2, 0) is 10.0 Å². The summed E-state index contributed by atoms with van der Waals surface area (Å²) in [5.41, 5.74) is -1.87. The summed E-state index contributed by atoms with van der Waals surface area (Å²) in [4.78, 5) is -0.257. The molecule has 0 saturated heterocycles. The second-order valence-electron chi connectivity index (χ2n) is 4.67. The van der Waals surface area contributed by atoms with E-state index >= 15 is 0 Å². The highest BCUT2D eigenvalue weighted by molar-refractivity contribution is 7.89. The number of nitrogens with one attached hydrogen (secondary N) is 1. The van der Waals surface area contributed by atoms with E-state index in [9.17, 15) is 21.6 Å². The maximum absolute atomic E-state index is 12.8. The molecule has 1 aromatic carbocycles. The number of halogens is 3. The molecule has 8 heteroatoms. The number of sulfonamides is 1. The molecule has 1 aromatic rings. The molecule has 2 rings (SSSR count). The largest absolute Gasteiger partial charge is 0.407 e. The number of hydrogen-bond donors (Lipinski definition) is 2. The van der Waals surface area contributed by atoms with Crippen molar-refractivity contribution in [3.05, 3.63) is 29.8 Å². The van der Waals surface area contributed by atoms with Gasteiger partial charge < -0.3 is 5.11 Å². The molecule has 21 heavy (non-hydrogen) atoms. The van der Waals surface area contributed by atoms with E-state index in [1.807, 2.05) is 0 Å². The standard InChI is InChI=1S/C13H12F3NO3S/c14-13(15,16)12(7-8-12)17-21(19,20)11-5-3-10(4-6-11)2-1-9-18/h3-6,17-18H,7-9H2. The van der Waals surface area contributed by atoms with Crippen molar-refractivity contribution in [1.29, 1.82) is 0 Å². The first kappa shape index (κ1) is 15.8. The zero-order valence-corrected chi connectivity index (χ0v) is 11.6. The zero-order chi connectivity index (χ0) is 15.7. The number of hydrogen-bond acceptors (Lipinski definition) is 3. The van der Waals surface area contributed by atoms with Gasteiger partial charge in [-0.2, -0.15) is 17.9 Å². The van der Waals surface area contributed by atoms with Crippen LogP contribution >= 0.6 is 0 Å². The summed E-state index contributed by atoms with van der Waals surface area (Å²) in [5.74, 6) is 4.95. The van der Waals surface area contributed by atoms with Crippen LogP contribution in [0.3, 0.4) is 0 Å². The first-order chi connectivity index (χ1) is 9.70.